The lowest BCUT2D eigenvalue weighted by molar-refractivity contribution is 0.568. The average molecular weight is 269 g/mol. The Morgan fingerprint density at radius 1 is 1.50 bits per heavy atom. The van der Waals surface area contributed by atoms with Crippen LogP contribution in [0.25, 0.3) is 0 Å². The lowest BCUT2D eigenvalue weighted by Crippen LogP contribution is -2.47. The highest BCUT2D eigenvalue weighted by molar-refractivity contribution is 7.91. The van der Waals surface area contributed by atoms with Crippen LogP contribution in [0.4, 0.5) is 5.69 Å². The van der Waals surface area contributed by atoms with Gasteiger partial charge in [-0.15, -0.1) is 0 Å². The van der Waals surface area contributed by atoms with E-state index in [0.29, 0.717) is 6.54 Å². The fourth-order valence-electron chi connectivity index (χ4n) is 2.22. The average Bonchev–Trinajstić information content (AvgIpc) is 2.28. The minimum atomic E-state index is -2.88. The van der Waals surface area contributed by atoms with Crippen LogP contribution in [0.5, 0.6) is 0 Å². The highest BCUT2D eigenvalue weighted by atomic mass is 32.2. The van der Waals surface area contributed by atoms with Gasteiger partial charge in [-0.05, 0) is 26.0 Å². The van der Waals surface area contributed by atoms with Crippen LogP contribution in [0, 0.1) is 0 Å². The van der Waals surface area contributed by atoms with Gasteiger partial charge in [0.1, 0.15) is 0 Å². The first-order valence-corrected chi connectivity index (χ1v) is 7.90. The molecule has 2 heterocycles. The summed E-state index contributed by atoms with van der Waals surface area (Å²) in [6.45, 7) is 4.34. The summed E-state index contributed by atoms with van der Waals surface area (Å²) in [5.41, 5.74) is 7.55. The Hall–Kier alpha value is -1.14. The molecule has 0 amide bonds. The van der Waals surface area contributed by atoms with Gasteiger partial charge in [-0.3, -0.25) is 4.98 Å². The highest BCUT2D eigenvalue weighted by Gasteiger charge is 2.28. The van der Waals surface area contributed by atoms with Crippen molar-refractivity contribution in [2.45, 2.75) is 25.9 Å². The number of rotatable bonds is 2. The summed E-state index contributed by atoms with van der Waals surface area (Å²) in [6.07, 6.45) is 1.77. The molecule has 0 radical (unpaired) electrons. The lowest BCUT2D eigenvalue weighted by atomic mass is 10.2. The largest absolute Gasteiger partial charge is 0.366 e. The molecule has 1 aliphatic heterocycles. The van der Waals surface area contributed by atoms with E-state index in [1.807, 2.05) is 26.0 Å². The molecule has 100 valence electrons. The minimum Gasteiger partial charge on any atom is -0.366 e. The normalized spacial score (nSPS) is 24.8. The maximum Gasteiger partial charge on any atom is 0.154 e. The molecule has 1 aromatic heterocycles. The van der Waals surface area contributed by atoms with E-state index in [2.05, 4.69) is 9.88 Å². The first kappa shape index (κ1) is 13.3. The maximum absolute atomic E-state index is 11.5. The second-order valence-corrected chi connectivity index (χ2v) is 7.12. The lowest BCUT2D eigenvalue weighted by Gasteiger charge is -2.34. The van der Waals surface area contributed by atoms with Crippen molar-refractivity contribution in [3.8, 4) is 0 Å². The van der Waals surface area contributed by atoms with Gasteiger partial charge in [-0.1, -0.05) is 0 Å². The number of anilines is 1. The van der Waals surface area contributed by atoms with Gasteiger partial charge in [0.15, 0.2) is 9.84 Å². The Morgan fingerprint density at radius 2 is 2.22 bits per heavy atom. The van der Waals surface area contributed by atoms with Crippen molar-refractivity contribution >= 4 is 15.5 Å². The summed E-state index contributed by atoms with van der Waals surface area (Å²) in [4.78, 5) is 6.39. The molecule has 2 atom stereocenters. The zero-order valence-electron chi connectivity index (χ0n) is 10.7. The third kappa shape index (κ3) is 2.81. The zero-order valence-corrected chi connectivity index (χ0v) is 11.5. The van der Waals surface area contributed by atoms with E-state index in [0.717, 1.165) is 11.4 Å². The van der Waals surface area contributed by atoms with Crippen molar-refractivity contribution in [3.63, 3.8) is 0 Å². The van der Waals surface area contributed by atoms with Crippen LogP contribution in [0.2, 0.25) is 0 Å². The molecule has 18 heavy (non-hydrogen) atoms. The van der Waals surface area contributed by atoms with E-state index in [-0.39, 0.29) is 23.6 Å². The summed E-state index contributed by atoms with van der Waals surface area (Å²) < 4.78 is 23.0. The van der Waals surface area contributed by atoms with Gasteiger partial charge in [0.2, 0.25) is 0 Å². The van der Waals surface area contributed by atoms with Crippen molar-refractivity contribution in [2.75, 3.05) is 23.0 Å². The molecule has 2 rings (SSSR count). The van der Waals surface area contributed by atoms with Gasteiger partial charge >= 0.3 is 0 Å². The van der Waals surface area contributed by atoms with Crippen LogP contribution < -0.4 is 10.6 Å². The van der Waals surface area contributed by atoms with Crippen molar-refractivity contribution in [1.29, 1.82) is 0 Å². The molecular formula is C12H19N3O2S. The molecule has 0 aliphatic carbocycles. The summed E-state index contributed by atoms with van der Waals surface area (Å²) in [5, 5.41) is 0. The standard InChI is InChI=1S/C12H19N3O2S/c1-9-8-18(16,17)6-5-15(9)11-3-4-12(10(2)13)14-7-11/h3-4,7,9-10H,5-6,8,13H2,1-2H3/t9?,10-/m0/s1. The Morgan fingerprint density at radius 3 is 2.72 bits per heavy atom. The first-order valence-electron chi connectivity index (χ1n) is 6.07. The Labute approximate surface area is 108 Å². The molecule has 5 nitrogen and oxygen atoms in total. The van der Waals surface area contributed by atoms with Crippen LogP contribution in [-0.2, 0) is 9.84 Å². The molecule has 0 spiro atoms. The van der Waals surface area contributed by atoms with Crippen molar-refractivity contribution in [2.24, 2.45) is 5.73 Å². The highest BCUT2D eigenvalue weighted by Crippen LogP contribution is 2.21. The van der Waals surface area contributed by atoms with Crippen LogP contribution >= 0.6 is 0 Å². The number of hydrogen-bond acceptors (Lipinski definition) is 5. The molecule has 0 saturated carbocycles. The molecule has 0 aromatic carbocycles. The van der Waals surface area contributed by atoms with Gasteiger partial charge in [-0.25, -0.2) is 8.42 Å². The van der Waals surface area contributed by atoms with Gasteiger partial charge in [-0.2, -0.15) is 0 Å². The molecule has 2 N–H and O–H groups in total. The smallest absolute Gasteiger partial charge is 0.154 e. The van der Waals surface area contributed by atoms with Crippen molar-refractivity contribution < 1.29 is 8.42 Å². The Kier molecular flexibility index (Phi) is 3.59. The van der Waals surface area contributed by atoms with E-state index in [4.69, 9.17) is 5.73 Å². The van der Waals surface area contributed by atoms with E-state index in [1.54, 1.807) is 6.20 Å². The molecule has 1 saturated heterocycles. The monoisotopic (exact) mass is 269 g/mol. The number of nitrogens with two attached hydrogens (primary N) is 1. The molecule has 0 bridgehead atoms. The van der Waals surface area contributed by atoms with E-state index >= 15 is 0 Å². The van der Waals surface area contributed by atoms with Crippen molar-refractivity contribution in [3.05, 3.63) is 24.0 Å². The fourth-order valence-corrected chi connectivity index (χ4v) is 3.78. The maximum atomic E-state index is 11.5. The summed E-state index contributed by atoms with van der Waals surface area (Å²) >= 11 is 0. The van der Waals surface area contributed by atoms with Gasteiger partial charge in [0.25, 0.3) is 0 Å². The summed E-state index contributed by atoms with van der Waals surface area (Å²) in [6, 6.07) is 3.76. The number of aromatic nitrogens is 1. The van der Waals surface area contributed by atoms with Gasteiger partial charge in [0.05, 0.1) is 29.1 Å². The Bertz CT molecular complexity index is 511. The number of pyridine rings is 1. The summed E-state index contributed by atoms with van der Waals surface area (Å²) in [7, 11) is -2.88. The Balaban J connectivity index is 2.17. The van der Waals surface area contributed by atoms with Crippen LogP contribution in [-0.4, -0.2) is 37.5 Å². The number of nitrogens with zero attached hydrogens (tertiary/aromatic N) is 2. The zero-order chi connectivity index (χ0) is 13.3. The third-order valence-electron chi connectivity index (χ3n) is 3.24. The van der Waals surface area contributed by atoms with E-state index < -0.39 is 9.84 Å². The molecule has 1 aliphatic rings. The molecular weight excluding hydrogens is 250 g/mol. The van der Waals surface area contributed by atoms with E-state index in [1.165, 1.54) is 0 Å². The SMILES string of the molecule is CC1CS(=O)(=O)CCN1c1ccc([C@H](C)N)nc1. The topological polar surface area (TPSA) is 76.3 Å². The number of hydrogen-bond donors (Lipinski definition) is 1. The molecule has 1 fully saturated rings. The second kappa shape index (κ2) is 4.85. The van der Waals surface area contributed by atoms with Gasteiger partial charge < -0.3 is 10.6 Å². The second-order valence-electron chi connectivity index (χ2n) is 4.89. The van der Waals surface area contributed by atoms with E-state index in [9.17, 15) is 8.42 Å². The molecule has 1 unspecified atom stereocenters. The third-order valence-corrected chi connectivity index (χ3v) is 5.03. The minimum absolute atomic E-state index is 0.00769. The van der Waals surface area contributed by atoms with Gasteiger partial charge in [0, 0.05) is 18.6 Å². The van der Waals surface area contributed by atoms with Crippen molar-refractivity contribution in [1.82, 2.24) is 4.98 Å². The van der Waals surface area contributed by atoms with Crippen LogP contribution in [0.3, 0.4) is 0 Å². The van der Waals surface area contributed by atoms with Crippen LogP contribution in [0.15, 0.2) is 18.3 Å². The van der Waals surface area contributed by atoms with Crippen LogP contribution in [0.1, 0.15) is 25.6 Å². The molecule has 6 heteroatoms. The quantitative estimate of drug-likeness (QED) is 0.856. The predicted molar refractivity (Wildman–Crippen MR) is 72.3 cm³/mol. The summed E-state index contributed by atoms with van der Waals surface area (Å²) in [5.74, 6) is 0.425. The number of sulfone groups is 1. The molecule has 1 aromatic rings. The first-order chi connectivity index (χ1) is 8.39. The fraction of sp³-hybridized carbons (Fsp3) is 0.583. The predicted octanol–water partition coefficient (Wildman–Crippen LogP) is 0.725.